The second-order valence-corrected chi connectivity index (χ2v) is 6.08. The molecule has 1 unspecified atom stereocenters. The molecule has 0 aromatic heterocycles. The smallest absolute Gasteiger partial charge is 0.339 e. The van der Waals surface area contributed by atoms with Gasteiger partial charge >= 0.3 is 5.97 Å². The minimum atomic E-state index is -0.463. The molecule has 3 rings (SSSR count). The Kier molecular flexibility index (Phi) is 4.00. The zero-order valence-electron chi connectivity index (χ0n) is 13.6. The molecule has 0 spiro atoms. The Morgan fingerprint density at radius 3 is 2.74 bits per heavy atom. The largest absolute Gasteiger partial charge is 0.497 e. The molecule has 122 valence electrons. The average Bonchev–Trinajstić information content (AvgIpc) is 3.30. The van der Waals surface area contributed by atoms with Crippen LogP contribution in [0.5, 0.6) is 5.75 Å². The predicted molar refractivity (Wildman–Crippen MR) is 87.9 cm³/mol. The van der Waals surface area contributed by atoms with Gasteiger partial charge in [-0.1, -0.05) is 18.2 Å². The summed E-state index contributed by atoms with van der Waals surface area (Å²) in [6.07, 6.45) is -0.457. The quantitative estimate of drug-likeness (QED) is 0.677. The van der Waals surface area contributed by atoms with Crippen LogP contribution >= 0.6 is 0 Å². The van der Waals surface area contributed by atoms with Gasteiger partial charge in [-0.3, -0.25) is 0 Å². The lowest BCUT2D eigenvalue weighted by molar-refractivity contribution is 0.0115. The lowest BCUT2D eigenvalue weighted by Gasteiger charge is -2.20. The number of aryl methyl sites for hydroxylation is 1. The molecular formula is C18H21NO4. The first-order valence-corrected chi connectivity index (χ1v) is 7.61. The highest BCUT2D eigenvalue weighted by molar-refractivity contribution is 6.06. The Hall–Kier alpha value is -2.11. The first-order valence-electron chi connectivity index (χ1n) is 7.61. The van der Waals surface area contributed by atoms with E-state index in [1.165, 1.54) is 0 Å². The topological polar surface area (TPSA) is 74.1 Å². The standard InChI is InChI=1S/C18H21NO4/c1-11-5-4-6-13-14(11)7-12(21-3)8-15(13)17(20)23-16(9-19)18(2)10-22-18/h4-8,16H,9-10,19H2,1-3H3/t16-,18?/m1/s1. The molecule has 0 saturated carbocycles. The van der Waals surface area contributed by atoms with Crippen LogP contribution in [0.3, 0.4) is 0 Å². The van der Waals surface area contributed by atoms with Gasteiger partial charge in [0.05, 0.1) is 19.3 Å². The van der Waals surface area contributed by atoms with Gasteiger partial charge in [0.1, 0.15) is 17.5 Å². The molecule has 2 aromatic rings. The summed E-state index contributed by atoms with van der Waals surface area (Å²) in [4.78, 5) is 12.7. The molecular weight excluding hydrogens is 294 g/mol. The van der Waals surface area contributed by atoms with Crippen molar-refractivity contribution in [1.82, 2.24) is 0 Å². The van der Waals surface area contributed by atoms with E-state index in [1.54, 1.807) is 13.2 Å². The number of hydrogen-bond donors (Lipinski definition) is 1. The predicted octanol–water partition coefficient (Wildman–Crippen LogP) is 2.43. The van der Waals surface area contributed by atoms with Gasteiger partial charge in [0.2, 0.25) is 0 Å². The van der Waals surface area contributed by atoms with Crippen molar-refractivity contribution in [2.24, 2.45) is 5.73 Å². The van der Waals surface area contributed by atoms with Crippen LogP contribution in [0, 0.1) is 6.92 Å². The number of methoxy groups -OCH3 is 1. The van der Waals surface area contributed by atoms with E-state index in [0.717, 1.165) is 16.3 Å². The third-order valence-corrected chi connectivity index (χ3v) is 4.39. The third-order valence-electron chi connectivity index (χ3n) is 4.39. The summed E-state index contributed by atoms with van der Waals surface area (Å²) < 4.78 is 16.3. The number of carbonyl (C=O) groups is 1. The van der Waals surface area contributed by atoms with Crippen LogP contribution < -0.4 is 10.5 Å². The van der Waals surface area contributed by atoms with E-state index in [4.69, 9.17) is 19.9 Å². The summed E-state index contributed by atoms with van der Waals surface area (Å²) in [5, 5.41) is 1.81. The Labute approximate surface area is 135 Å². The Morgan fingerprint density at radius 1 is 1.39 bits per heavy atom. The molecule has 1 saturated heterocycles. The van der Waals surface area contributed by atoms with Crippen molar-refractivity contribution in [3.8, 4) is 5.75 Å². The van der Waals surface area contributed by atoms with Crippen molar-refractivity contribution in [3.05, 3.63) is 41.5 Å². The zero-order valence-corrected chi connectivity index (χ0v) is 13.6. The number of rotatable bonds is 5. The molecule has 0 bridgehead atoms. The van der Waals surface area contributed by atoms with Gasteiger partial charge in [0.15, 0.2) is 0 Å². The van der Waals surface area contributed by atoms with E-state index in [1.807, 2.05) is 38.1 Å². The molecule has 1 aliphatic rings. The number of carbonyl (C=O) groups excluding carboxylic acids is 1. The molecule has 2 aromatic carbocycles. The summed E-state index contributed by atoms with van der Waals surface area (Å²) in [7, 11) is 1.58. The van der Waals surface area contributed by atoms with Gasteiger partial charge in [-0.2, -0.15) is 0 Å². The average molecular weight is 315 g/mol. The van der Waals surface area contributed by atoms with E-state index < -0.39 is 17.7 Å². The fraction of sp³-hybridized carbons (Fsp3) is 0.389. The van der Waals surface area contributed by atoms with Crippen LogP contribution in [-0.2, 0) is 9.47 Å². The molecule has 5 nitrogen and oxygen atoms in total. The summed E-state index contributed by atoms with van der Waals surface area (Å²) >= 11 is 0. The lowest BCUT2D eigenvalue weighted by Crippen LogP contribution is -2.38. The van der Waals surface area contributed by atoms with E-state index in [9.17, 15) is 4.79 Å². The number of ether oxygens (including phenoxy) is 3. The molecule has 23 heavy (non-hydrogen) atoms. The molecule has 1 fully saturated rings. The Morgan fingerprint density at radius 2 is 2.13 bits per heavy atom. The van der Waals surface area contributed by atoms with Crippen molar-refractivity contribution in [2.45, 2.75) is 25.6 Å². The Bertz CT molecular complexity index is 752. The molecule has 5 heteroatoms. The van der Waals surface area contributed by atoms with Crippen LogP contribution in [0.25, 0.3) is 10.8 Å². The van der Waals surface area contributed by atoms with Gasteiger partial charge < -0.3 is 19.9 Å². The molecule has 0 amide bonds. The van der Waals surface area contributed by atoms with Crippen molar-refractivity contribution in [1.29, 1.82) is 0 Å². The second kappa shape index (κ2) is 5.83. The van der Waals surface area contributed by atoms with Crippen LogP contribution in [0.15, 0.2) is 30.3 Å². The van der Waals surface area contributed by atoms with Gasteiger partial charge in [-0.25, -0.2) is 4.79 Å². The first-order chi connectivity index (χ1) is 11.0. The van der Waals surface area contributed by atoms with Crippen molar-refractivity contribution < 1.29 is 19.0 Å². The molecule has 2 N–H and O–H groups in total. The maximum absolute atomic E-state index is 12.7. The van der Waals surface area contributed by atoms with Gasteiger partial charge in [0, 0.05) is 6.54 Å². The summed E-state index contributed by atoms with van der Waals surface area (Å²) in [5.41, 5.74) is 6.82. The maximum Gasteiger partial charge on any atom is 0.339 e. The van der Waals surface area contributed by atoms with E-state index in [2.05, 4.69) is 0 Å². The van der Waals surface area contributed by atoms with Crippen molar-refractivity contribution in [2.75, 3.05) is 20.3 Å². The van der Waals surface area contributed by atoms with Gasteiger partial charge in [-0.05, 0) is 42.3 Å². The Balaban J connectivity index is 2.01. The SMILES string of the molecule is COc1cc(C(=O)O[C@H](CN)C2(C)CO2)c2cccc(C)c2c1. The summed E-state index contributed by atoms with van der Waals surface area (Å²) in [5.74, 6) is 0.212. The second-order valence-electron chi connectivity index (χ2n) is 6.08. The fourth-order valence-electron chi connectivity index (χ4n) is 2.71. The minimum Gasteiger partial charge on any atom is -0.497 e. The van der Waals surface area contributed by atoms with Crippen LogP contribution in [0.4, 0.5) is 0 Å². The van der Waals surface area contributed by atoms with E-state index in [0.29, 0.717) is 17.9 Å². The molecule has 2 atom stereocenters. The number of benzene rings is 2. The number of fused-ring (bicyclic) bond motifs is 1. The third kappa shape index (κ3) is 2.90. The lowest BCUT2D eigenvalue weighted by atomic mass is 10.00. The number of epoxide rings is 1. The number of nitrogens with two attached hydrogens (primary N) is 1. The summed E-state index contributed by atoms with van der Waals surface area (Å²) in [6.45, 7) is 4.67. The number of hydrogen-bond acceptors (Lipinski definition) is 5. The minimum absolute atomic E-state index is 0.225. The number of esters is 1. The van der Waals surface area contributed by atoms with Crippen molar-refractivity contribution in [3.63, 3.8) is 0 Å². The summed E-state index contributed by atoms with van der Waals surface area (Å²) in [6, 6.07) is 9.46. The highest BCUT2D eigenvalue weighted by Gasteiger charge is 2.49. The molecule has 0 radical (unpaired) electrons. The van der Waals surface area contributed by atoms with Crippen LogP contribution in [0.1, 0.15) is 22.8 Å². The van der Waals surface area contributed by atoms with Crippen LogP contribution in [-0.4, -0.2) is 37.9 Å². The monoisotopic (exact) mass is 315 g/mol. The molecule has 1 heterocycles. The highest BCUT2D eigenvalue weighted by atomic mass is 16.6. The molecule has 1 aliphatic heterocycles. The first kappa shape index (κ1) is 15.8. The van der Waals surface area contributed by atoms with Gasteiger partial charge in [0.25, 0.3) is 0 Å². The normalized spacial score (nSPS) is 21.0. The highest BCUT2D eigenvalue weighted by Crippen LogP contribution is 2.33. The van der Waals surface area contributed by atoms with E-state index in [-0.39, 0.29) is 6.54 Å². The van der Waals surface area contributed by atoms with Gasteiger partial charge in [-0.15, -0.1) is 0 Å². The fourth-order valence-corrected chi connectivity index (χ4v) is 2.71. The molecule has 0 aliphatic carbocycles. The van der Waals surface area contributed by atoms with E-state index >= 15 is 0 Å². The van der Waals surface area contributed by atoms with Crippen molar-refractivity contribution >= 4 is 16.7 Å². The van der Waals surface area contributed by atoms with Crippen LogP contribution in [0.2, 0.25) is 0 Å². The maximum atomic E-state index is 12.7. The zero-order chi connectivity index (χ0) is 16.6.